The highest BCUT2D eigenvalue weighted by Gasteiger charge is 2.19. The van der Waals surface area contributed by atoms with E-state index in [-0.39, 0.29) is 30.3 Å². The Morgan fingerprint density at radius 1 is 1.19 bits per heavy atom. The van der Waals surface area contributed by atoms with E-state index in [0.29, 0.717) is 52.6 Å². The number of pyridine rings is 1. The third-order valence-electron chi connectivity index (χ3n) is 4.86. The lowest BCUT2D eigenvalue weighted by Gasteiger charge is -2.18. The summed E-state index contributed by atoms with van der Waals surface area (Å²) in [6.07, 6.45) is 0. The number of carbonyl (C=O) groups is 2. The van der Waals surface area contributed by atoms with Gasteiger partial charge in [0.2, 0.25) is 0 Å². The summed E-state index contributed by atoms with van der Waals surface area (Å²) in [5.41, 5.74) is 7.49. The average Bonchev–Trinajstić information content (AvgIpc) is 2.75. The molecule has 0 unspecified atom stereocenters. The van der Waals surface area contributed by atoms with E-state index in [1.165, 1.54) is 0 Å². The summed E-state index contributed by atoms with van der Waals surface area (Å²) in [5, 5.41) is 12.6. The predicted octanol–water partition coefficient (Wildman–Crippen LogP) is 2.40. The van der Waals surface area contributed by atoms with Crippen LogP contribution in [0.1, 0.15) is 26.4 Å². The number of anilines is 1. The van der Waals surface area contributed by atoms with Gasteiger partial charge < -0.3 is 30.4 Å². The molecule has 1 aromatic heterocycles. The summed E-state index contributed by atoms with van der Waals surface area (Å²) in [5.74, 6) is 0.135. The highest BCUT2D eigenvalue weighted by Crippen LogP contribution is 2.33. The number of fused-ring (bicyclic) bond motifs is 2. The van der Waals surface area contributed by atoms with Crippen LogP contribution in [0.25, 0.3) is 10.9 Å². The highest BCUT2D eigenvalue weighted by atomic mass is 16.6. The first-order valence-electron chi connectivity index (χ1n) is 9.68. The number of ether oxygens (including phenoxy) is 3. The number of aromatic carboxylic acids is 1. The van der Waals surface area contributed by atoms with E-state index in [1.54, 1.807) is 43.3 Å². The zero-order valence-corrected chi connectivity index (χ0v) is 16.8. The predicted molar refractivity (Wildman–Crippen MR) is 113 cm³/mol. The minimum absolute atomic E-state index is 0.0459. The Balaban J connectivity index is 1.43. The van der Waals surface area contributed by atoms with E-state index in [2.05, 4.69) is 10.3 Å². The third-order valence-corrected chi connectivity index (χ3v) is 4.86. The number of amides is 1. The first-order valence-corrected chi connectivity index (χ1v) is 9.68. The molecule has 4 N–H and O–H groups in total. The topological polar surface area (TPSA) is 133 Å². The van der Waals surface area contributed by atoms with Crippen molar-refractivity contribution in [2.24, 2.45) is 0 Å². The maximum atomic E-state index is 12.4. The number of hydrogen-bond acceptors (Lipinski definition) is 7. The fourth-order valence-corrected chi connectivity index (χ4v) is 3.44. The minimum atomic E-state index is -1.15. The van der Waals surface area contributed by atoms with Gasteiger partial charge in [-0.05, 0) is 37.3 Å². The fourth-order valence-electron chi connectivity index (χ4n) is 3.44. The van der Waals surface area contributed by atoms with Gasteiger partial charge in [0.15, 0.2) is 11.5 Å². The smallest absolute Gasteiger partial charge is 0.339 e. The van der Waals surface area contributed by atoms with Gasteiger partial charge in [-0.15, -0.1) is 0 Å². The minimum Gasteiger partial charge on any atom is -0.491 e. The van der Waals surface area contributed by atoms with Crippen LogP contribution in [0.2, 0.25) is 0 Å². The summed E-state index contributed by atoms with van der Waals surface area (Å²) in [6, 6.07) is 10.2. The number of nitrogens with zero attached hydrogens (tertiary/aromatic N) is 1. The molecule has 160 valence electrons. The molecule has 31 heavy (non-hydrogen) atoms. The van der Waals surface area contributed by atoms with Crippen LogP contribution in [0.15, 0.2) is 36.4 Å². The summed E-state index contributed by atoms with van der Waals surface area (Å²) in [4.78, 5) is 28.3. The lowest BCUT2D eigenvalue weighted by molar-refractivity contribution is 0.0696. The van der Waals surface area contributed by atoms with E-state index in [0.717, 1.165) is 0 Å². The molecule has 3 aromatic rings. The number of aryl methyl sites for hydroxylation is 1. The van der Waals surface area contributed by atoms with Crippen molar-refractivity contribution in [2.75, 3.05) is 32.1 Å². The number of carboxylic acid groups (broad SMARTS) is 1. The number of nitrogens with two attached hydrogens (primary N) is 1. The normalized spacial score (nSPS) is 12.4. The second-order valence-electron chi connectivity index (χ2n) is 6.90. The van der Waals surface area contributed by atoms with Gasteiger partial charge in [-0.3, -0.25) is 9.78 Å². The molecule has 0 saturated heterocycles. The molecule has 2 aromatic carbocycles. The van der Waals surface area contributed by atoms with Crippen LogP contribution in [-0.2, 0) is 0 Å². The van der Waals surface area contributed by atoms with Crippen molar-refractivity contribution in [3.63, 3.8) is 0 Å². The molecule has 0 bridgehead atoms. The van der Waals surface area contributed by atoms with Crippen LogP contribution in [0.5, 0.6) is 17.2 Å². The van der Waals surface area contributed by atoms with Gasteiger partial charge in [0.25, 0.3) is 5.91 Å². The lowest BCUT2D eigenvalue weighted by atomic mass is 10.1. The number of carboxylic acids is 1. The summed E-state index contributed by atoms with van der Waals surface area (Å²) >= 11 is 0. The number of nitrogens with one attached hydrogen (secondary N) is 1. The van der Waals surface area contributed by atoms with Crippen molar-refractivity contribution in [2.45, 2.75) is 6.92 Å². The Morgan fingerprint density at radius 2 is 1.97 bits per heavy atom. The number of rotatable bonds is 6. The first kappa shape index (κ1) is 20.3. The number of aromatic nitrogens is 1. The van der Waals surface area contributed by atoms with Gasteiger partial charge in [0, 0.05) is 5.56 Å². The molecule has 9 heteroatoms. The zero-order valence-electron chi connectivity index (χ0n) is 16.8. The molecule has 0 aliphatic carbocycles. The molecule has 0 saturated carbocycles. The first-order chi connectivity index (χ1) is 15.0. The van der Waals surface area contributed by atoms with Crippen molar-refractivity contribution >= 4 is 28.5 Å². The summed E-state index contributed by atoms with van der Waals surface area (Å²) < 4.78 is 16.7. The molecule has 0 spiro atoms. The molecule has 1 aliphatic rings. The van der Waals surface area contributed by atoms with E-state index in [9.17, 15) is 14.7 Å². The van der Waals surface area contributed by atoms with Gasteiger partial charge in [0.05, 0.1) is 28.8 Å². The van der Waals surface area contributed by atoms with E-state index < -0.39 is 5.97 Å². The molecule has 0 radical (unpaired) electrons. The quantitative estimate of drug-likeness (QED) is 0.515. The van der Waals surface area contributed by atoms with Crippen molar-refractivity contribution < 1.29 is 28.9 Å². The zero-order chi connectivity index (χ0) is 22.0. The van der Waals surface area contributed by atoms with Crippen LogP contribution in [0, 0.1) is 6.92 Å². The van der Waals surface area contributed by atoms with Gasteiger partial charge >= 0.3 is 5.97 Å². The summed E-state index contributed by atoms with van der Waals surface area (Å²) in [6.45, 7) is 2.91. The van der Waals surface area contributed by atoms with Crippen molar-refractivity contribution in [1.82, 2.24) is 10.3 Å². The molecule has 4 rings (SSSR count). The standard InChI is InChI=1S/C22H21N3O6/c1-12-18(22(27)28)20(23)19-14(25-12)3-2-4-16(19)29-8-7-24-21(26)13-5-6-15-17(11-13)31-10-9-30-15/h2-6,11H,7-10H2,1H3,(H2,23,25)(H,24,26)(H,27,28). The maximum Gasteiger partial charge on any atom is 0.339 e. The largest absolute Gasteiger partial charge is 0.491 e. The van der Waals surface area contributed by atoms with Crippen molar-refractivity contribution in [1.29, 1.82) is 0 Å². The van der Waals surface area contributed by atoms with E-state index in [4.69, 9.17) is 19.9 Å². The monoisotopic (exact) mass is 423 g/mol. The van der Waals surface area contributed by atoms with Crippen LogP contribution in [-0.4, -0.2) is 48.3 Å². The maximum absolute atomic E-state index is 12.4. The van der Waals surface area contributed by atoms with Crippen LogP contribution >= 0.6 is 0 Å². The molecule has 1 aliphatic heterocycles. The highest BCUT2D eigenvalue weighted by molar-refractivity contribution is 6.06. The van der Waals surface area contributed by atoms with Gasteiger partial charge in [-0.2, -0.15) is 0 Å². The molecular weight excluding hydrogens is 402 g/mol. The Kier molecular flexibility index (Phi) is 5.48. The molecule has 1 amide bonds. The number of hydrogen-bond donors (Lipinski definition) is 3. The Morgan fingerprint density at radius 3 is 2.74 bits per heavy atom. The SMILES string of the molecule is Cc1nc2cccc(OCCNC(=O)c3ccc4c(c3)OCCO4)c2c(N)c1C(=O)O. The molecule has 2 heterocycles. The second kappa shape index (κ2) is 8.39. The lowest BCUT2D eigenvalue weighted by Crippen LogP contribution is -2.28. The van der Waals surface area contributed by atoms with Crippen molar-refractivity contribution in [3.8, 4) is 17.2 Å². The Labute approximate surface area is 177 Å². The third kappa shape index (κ3) is 4.02. The Bertz CT molecular complexity index is 1180. The molecule has 0 fully saturated rings. The van der Waals surface area contributed by atoms with Gasteiger partial charge in [-0.1, -0.05) is 6.07 Å². The number of carbonyl (C=O) groups excluding carboxylic acids is 1. The fraction of sp³-hybridized carbons (Fsp3) is 0.227. The van der Waals surface area contributed by atoms with Gasteiger partial charge in [0.1, 0.15) is 31.1 Å². The van der Waals surface area contributed by atoms with Crippen LogP contribution < -0.4 is 25.3 Å². The van der Waals surface area contributed by atoms with E-state index in [1.807, 2.05) is 0 Å². The molecular formula is C22H21N3O6. The number of nitrogen functional groups attached to an aromatic ring is 1. The number of benzene rings is 2. The van der Waals surface area contributed by atoms with E-state index >= 15 is 0 Å². The summed E-state index contributed by atoms with van der Waals surface area (Å²) in [7, 11) is 0. The Hall–Kier alpha value is -4.01. The molecule has 0 atom stereocenters. The van der Waals surface area contributed by atoms with Crippen LogP contribution in [0.3, 0.4) is 0 Å². The van der Waals surface area contributed by atoms with Gasteiger partial charge in [-0.25, -0.2) is 4.79 Å². The average molecular weight is 423 g/mol. The second-order valence-corrected chi connectivity index (χ2v) is 6.90. The molecule has 9 nitrogen and oxygen atoms in total. The van der Waals surface area contributed by atoms with Crippen LogP contribution in [0.4, 0.5) is 5.69 Å². The van der Waals surface area contributed by atoms with Crippen molar-refractivity contribution in [3.05, 3.63) is 53.2 Å².